The van der Waals surface area contributed by atoms with Crippen LogP contribution < -0.4 is 10.1 Å². The van der Waals surface area contributed by atoms with Gasteiger partial charge in [0.15, 0.2) is 11.6 Å². The summed E-state index contributed by atoms with van der Waals surface area (Å²) in [7, 11) is 3.28. The molecule has 6 nitrogen and oxygen atoms in total. The maximum Gasteiger partial charge on any atom is 0.252 e. The minimum absolute atomic E-state index is 0.0484. The van der Waals surface area contributed by atoms with Crippen LogP contribution in [0.3, 0.4) is 0 Å². The van der Waals surface area contributed by atoms with Crippen LogP contribution in [0.25, 0.3) is 0 Å². The van der Waals surface area contributed by atoms with Gasteiger partial charge in [-0.15, -0.1) is 0 Å². The van der Waals surface area contributed by atoms with Crippen molar-refractivity contribution in [1.82, 2.24) is 14.9 Å². The van der Waals surface area contributed by atoms with Crippen molar-refractivity contribution in [2.75, 3.05) is 20.3 Å². The monoisotopic (exact) mass is 347 g/mol. The first kappa shape index (κ1) is 17.4. The van der Waals surface area contributed by atoms with E-state index < -0.39 is 5.82 Å². The van der Waals surface area contributed by atoms with E-state index in [-0.39, 0.29) is 23.6 Å². The fraction of sp³-hybridized carbons (Fsp3) is 0.444. The van der Waals surface area contributed by atoms with E-state index in [0.29, 0.717) is 18.8 Å². The minimum Gasteiger partial charge on any atom is -0.494 e. The summed E-state index contributed by atoms with van der Waals surface area (Å²) in [6.07, 6.45) is 5.28. The van der Waals surface area contributed by atoms with Gasteiger partial charge in [-0.05, 0) is 37.0 Å². The Hall–Kier alpha value is -2.41. The number of ether oxygens (including phenoxy) is 2. The van der Waals surface area contributed by atoms with E-state index in [1.807, 2.05) is 17.8 Å². The lowest BCUT2D eigenvalue weighted by Gasteiger charge is -2.30. The van der Waals surface area contributed by atoms with Crippen molar-refractivity contribution in [2.24, 2.45) is 13.0 Å². The van der Waals surface area contributed by atoms with Crippen LogP contribution >= 0.6 is 0 Å². The average Bonchev–Trinajstić information content (AvgIpc) is 3.06. The van der Waals surface area contributed by atoms with Crippen molar-refractivity contribution in [2.45, 2.75) is 18.9 Å². The van der Waals surface area contributed by atoms with Gasteiger partial charge >= 0.3 is 0 Å². The van der Waals surface area contributed by atoms with E-state index >= 15 is 0 Å². The highest BCUT2D eigenvalue weighted by Gasteiger charge is 2.30. The van der Waals surface area contributed by atoms with Crippen molar-refractivity contribution < 1.29 is 18.7 Å². The average molecular weight is 347 g/mol. The molecule has 0 unspecified atom stereocenters. The van der Waals surface area contributed by atoms with Crippen LogP contribution in [0.4, 0.5) is 4.39 Å². The van der Waals surface area contributed by atoms with E-state index in [0.717, 1.165) is 18.7 Å². The molecule has 25 heavy (non-hydrogen) atoms. The predicted octanol–water partition coefficient (Wildman–Crippen LogP) is 2.47. The lowest BCUT2D eigenvalue weighted by Crippen LogP contribution is -2.37. The second kappa shape index (κ2) is 7.65. The van der Waals surface area contributed by atoms with E-state index in [2.05, 4.69) is 10.3 Å². The number of hydrogen-bond donors (Lipinski definition) is 1. The molecule has 0 radical (unpaired) electrons. The Bertz CT molecular complexity index is 741. The summed E-state index contributed by atoms with van der Waals surface area (Å²) in [6, 6.07) is 3.86. The fourth-order valence-electron chi connectivity index (χ4n) is 3.14. The van der Waals surface area contributed by atoms with Gasteiger partial charge in [-0.25, -0.2) is 9.37 Å². The van der Waals surface area contributed by atoms with Gasteiger partial charge in [0.2, 0.25) is 0 Å². The summed E-state index contributed by atoms with van der Waals surface area (Å²) in [5.41, 5.74) is 0.351. The maximum atomic E-state index is 13.6. The number of methoxy groups -OCH3 is 1. The van der Waals surface area contributed by atoms with Crippen molar-refractivity contribution in [3.8, 4) is 5.75 Å². The molecule has 1 aromatic heterocycles. The van der Waals surface area contributed by atoms with Crippen molar-refractivity contribution in [3.05, 3.63) is 47.8 Å². The van der Waals surface area contributed by atoms with Gasteiger partial charge in [0.05, 0.1) is 13.2 Å². The number of aromatic nitrogens is 2. The molecule has 3 rings (SSSR count). The number of hydrogen-bond acceptors (Lipinski definition) is 4. The topological polar surface area (TPSA) is 65.4 Å². The Morgan fingerprint density at radius 3 is 2.84 bits per heavy atom. The molecule has 1 saturated heterocycles. The van der Waals surface area contributed by atoms with Gasteiger partial charge in [-0.1, -0.05) is 0 Å². The Labute approximate surface area is 146 Å². The van der Waals surface area contributed by atoms with Crippen LogP contribution in [0.15, 0.2) is 30.6 Å². The van der Waals surface area contributed by atoms with Crippen LogP contribution in [0, 0.1) is 11.7 Å². The van der Waals surface area contributed by atoms with Crippen LogP contribution in [0.1, 0.15) is 35.1 Å². The molecule has 0 bridgehead atoms. The van der Waals surface area contributed by atoms with Crippen LogP contribution in [-0.4, -0.2) is 35.8 Å². The molecule has 0 spiro atoms. The van der Waals surface area contributed by atoms with Gasteiger partial charge in [0.1, 0.15) is 5.82 Å². The first-order valence-corrected chi connectivity index (χ1v) is 8.29. The molecule has 0 aliphatic carbocycles. The first-order valence-electron chi connectivity index (χ1n) is 8.29. The van der Waals surface area contributed by atoms with Gasteiger partial charge in [0, 0.05) is 38.2 Å². The summed E-state index contributed by atoms with van der Waals surface area (Å²) in [5.74, 6) is 0.310. The van der Waals surface area contributed by atoms with Crippen LogP contribution in [-0.2, 0) is 11.8 Å². The Balaban J connectivity index is 1.84. The molecule has 1 atom stereocenters. The number of carbonyl (C=O) groups is 1. The van der Waals surface area contributed by atoms with Crippen LogP contribution in [0.5, 0.6) is 5.75 Å². The van der Waals surface area contributed by atoms with E-state index in [1.165, 1.54) is 25.3 Å². The number of nitrogens with one attached hydrogen (secondary N) is 1. The van der Waals surface area contributed by atoms with Gasteiger partial charge in [-0.2, -0.15) is 0 Å². The summed E-state index contributed by atoms with van der Waals surface area (Å²) in [6.45, 7) is 1.34. The summed E-state index contributed by atoms with van der Waals surface area (Å²) in [5, 5.41) is 3.06. The fourth-order valence-corrected chi connectivity index (χ4v) is 3.14. The summed E-state index contributed by atoms with van der Waals surface area (Å²) < 4.78 is 25.9. The number of rotatable bonds is 5. The molecule has 2 aromatic rings. The predicted molar refractivity (Wildman–Crippen MR) is 89.9 cm³/mol. The zero-order valence-corrected chi connectivity index (χ0v) is 14.4. The minimum atomic E-state index is -0.496. The first-order chi connectivity index (χ1) is 12.1. The van der Waals surface area contributed by atoms with Crippen molar-refractivity contribution in [3.63, 3.8) is 0 Å². The van der Waals surface area contributed by atoms with Gasteiger partial charge < -0.3 is 19.4 Å². The number of nitrogens with zero attached hydrogens (tertiary/aromatic N) is 2. The number of imidazole rings is 1. The number of halogens is 1. The second-order valence-electron chi connectivity index (χ2n) is 6.15. The smallest absolute Gasteiger partial charge is 0.252 e. The summed E-state index contributed by atoms with van der Waals surface area (Å²) in [4.78, 5) is 17.1. The second-order valence-corrected chi connectivity index (χ2v) is 6.15. The molecule has 1 aliphatic heterocycles. The Kier molecular flexibility index (Phi) is 5.33. The molecular weight excluding hydrogens is 325 g/mol. The standard InChI is InChI=1S/C18H22FN3O3/c1-22-8-7-20-17(22)16(12-5-9-25-10-6-12)21-18(23)13-3-4-14(19)15(11-13)24-2/h3-4,7-8,11-12,16H,5-6,9-10H2,1-2H3,(H,21,23)/t16-/m0/s1. The third-order valence-electron chi connectivity index (χ3n) is 4.57. The molecule has 1 aliphatic rings. The maximum absolute atomic E-state index is 13.6. The molecule has 1 aromatic carbocycles. The molecule has 7 heteroatoms. The highest BCUT2D eigenvalue weighted by Crippen LogP contribution is 2.29. The van der Waals surface area contributed by atoms with Gasteiger partial charge in [-0.3, -0.25) is 4.79 Å². The molecular formula is C18H22FN3O3. The van der Waals surface area contributed by atoms with E-state index in [9.17, 15) is 9.18 Å². The molecule has 134 valence electrons. The lowest BCUT2D eigenvalue weighted by atomic mass is 9.90. The quantitative estimate of drug-likeness (QED) is 0.902. The molecule has 1 fully saturated rings. The van der Waals surface area contributed by atoms with Crippen molar-refractivity contribution in [1.29, 1.82) is 0 Å². The zero-order chi connectivity index (χ0) is 17.8. The highest BCUT2D eigenvalue weighted by atomic mass is 19.1. The number of benzene rings is 1. The van der Waals surface area contributed by atoms with Gasteiger partial charge in [0.25, 0.3) is 5.91 Å². The third-order valence-corrected chi connectivity index (χ3v) is 4.57. The molecule has 0 saturated carbocycles. The van der Waals surface area contributed by atoms with E-state index in [1.54, 1.807) is 6.20 Å². The normalized spacial score (nSPS) is 16.4. The third kappa shape index (κ3) is 3.82. The zero-order valence-electron chi connectivity index (χ0n) is 14.4. The van der Waals surface area contributed by atoms with E-state index in [4.69, 9.17) is 9.47 Å². The number of carbonyl (C=O) groups excluding carboxylic acids is 1. The number of aryl methyl sites for hydroxylation is 1. The van der Waals surface area contributed by atoms with Crippen molar-refractivity contribution >= 4 is 5.91 Å². The highest BCUT2D eigenvalue weighted by molar-refractivity contribution is 5.94. The molecule has 1 amide bonds. The van der Waals surface area contributed by atoms with Crippen LogP contribution in [0.2, 0.25) is 0 Å². The Morgan fingerprint density at radius 2 is 2.20 bits per heavy atom. The molecule has 2 heterocycles. The summed E-state index contributed by atoms with van der Waals surface area (Å²) >= 11 is 0. The SMILES string of the molecule is COc1cc(C(=O)N[C@H](c2nccn2C)C2CCOCC2)ccc1F. The largest absolute Gasteiger partial charge is 0.494 e. The Morgan fingerprint density at radius 1 is 1.44 bits per heavy atom. The molecule has 1 N–H and O–H groups in total. The lowest BCUT2D eigenvalue weighted by molar-refractivity contribution is 0.0499. The number of amides is 1.